The number of hydrogen-bond donors (Lipinski definition) is 1. The van der Waals surface area contributed by atoms with Gasteiger partial charge < -0.3 is 5.32 Å². The molecule has 0 aliphatic rings. The van der Waals surface area contributed by atoms with Crippen molar-refractivity contribution in [1.29, 1.82) is 0 Å². The molecule has 1 amide bonds. The Balaban J connectivity index is 2.14. The van der Waals surface area contributed by atoms with Crippen LogP contribution in [0.3, 0.4) is 0 Å². The van der Waals surface area contributed by atoms with E-state index in [-0.39, 0.29) is 5.91 Å². The second-order valence-corrected chi connectivity index (χ2v) is 3.69. The maximum atomic E-state index is 11.3. The zero-order chi connectivity index (χ0) is 10.9. The molecule has 0 bridgehead atoms. The molecule has 1 N–H and O–H groups in total. The topological polar surface area (TPSA) is 29.1 Å². The average Bonchev–Trinajstić information content (AvgIpc) is 2.28. The van der Waals surface area contributed by atoms with Crippen LogP contribution in [0.5, 0.6) is 0 Å². The molecule has 0 aliphatic carbocycles. The van der Waals surface area contributed by atoms with Gasteiger partial charge in [0.2, 0.25) is 5.91 Å². The Morgan fingerprint density at radius 3 is 2.67 bits per heavy atom. The molecule has 0 spiro atoms. The van der Waals surface area contributed by atoms with Crippen molar-refractivity contribution in [2.45, 2.75) is 32.6 Å². The minimum Gasteiger partial charge on any atom is -0.356 e. The van der Waals surface area contributed by atoms with Crippen molar-refractivity contribution < 1.29 is 4.79 Å². The quantitative estimate of drug-likeness (QED) is 0.759. The monoisotopic (exact) mass is 205 g/mol. The Bertz CT molecular complexity index is 282. The summed E-state index contributed by atoms with van der Waals surface area (Å²) in [6, 6.07) is 10.3. The Labute approximate surface area is 91.7 Å². The van der Waals surface area contributed by atoms with Crippen LogP contribution >= 0.6 is 0 Å². The first-order valence-corrected chi connectivity index (χ1v) is 5.63. The molecule has 0 radical (unpaired) electrons. The average molecular weight is 205 g/mol. The molecule has 15 heavy (non-hydrogen) atoms. The van der Waals surface area contributed by atoms with Crippen LogP contribution in [0.1, 0.15) is 31.7 Å². The molecule has 0 aliphatic heterocycles. The molecule has 0 saturated carbocycles. The van der Waals surface area contributed by atoms with Crippen LogP contribution in [0.2, 0.25) is 0 Å². The number of hydrogen-bond acceptors (Lipinski definition) is 1. The number of nitrogens with one attached hydrogen (secondary N) is 1. The van der Waals surface area contributed by atoms with Crippen molar-refractivity contribution in [2.24, 2.45) is 0 Å². The molecule has 0 aromatic heterocycles. The molecule has 82 valence electrons. The van der Waals surface area contributed by atoms with Crippen LogP contribution in [-0.2, 0) is 11.2 Å². The summed E-state index contributed by atoms with van der Waals surface area (Å²) in [5.41, 5.74) is 1.31. The summed E-state index contributed by atoms with van der Waals surface area (Å²) in [7, 11) is 0. The fraction of sp³-hybridized carbons (Fsp3) is 0.462. The third-order valence-corrected chi connectivity index (χ3v) is 2.28. The van der Waals surface area contributed by atoms with Crippen LogP contribution in [0.15, 0.2) is 30.3 Å². The summed E-state index contributed by atoms with van der Waals surface area (Å²) in [5, 5.41) is 2.88. The Morgan fingerprint density at radius 1 is 1.27 bits per heavy atom. The van der Waals surface area contributed by atoms with E-state index in [0.29, 0.717) is 6.42 Å². The van der Waals surface area contributed by atoms with Gasteiger partial charge in [-0.15, -0.1) is 0 Å². The van der Waals surface area contributed by atoms with Gasteiger partial charge in [-0.2, -0.15) is 0 Å². The lowest BCUT2D eigenvalue weighted by Crippen LogP contribution is -2.23. The molecule has 2 nitrogen and oxygen atoms in total. The molecule has 0 fully saturated rings. The minimum absolute atomic E-state index is 0.174. The standard InChI is InChI=1S/C13H19NO/c1-2-11-14-13(15)10-6-9-12-7-4-3-5-8-12/h3-5,7-8H,2,6,9-11H2,1H3,(H,14,15). The molecule has 0 saturated heterocycles. The molecule has 2 heteroatoms. The van der Waals surface area contributed by atoms with E-state index in [4.69, 9.17) is 0 Å². The van der Waals surface area contributed by atoms with Crippen molar-refractivity contribution in [3.63, 3.8) is 0 Å². The first kappa shape index (κ1) is 11.8. The number of carbonyl (C=O) groups is 1. The van der Waals surface area contributed by atoms with Gasteiger partial charge in [-0.05, 0) is 24.8 Å². The van der Waals surface area contributed by atoms with Gasteiger partial charge in [0.25, 0.3) is 0 Å². The predicted octanol–water partition coefficient (Wildman–Crippen LogP) is 2.54. The van der Waals surface area contributed by atoms with Crippen LogP contribution in [0, 0.1) is 0 Å². The molecular weight excluding hydrogens is 186 g/mol. The largest absolute Gasteiger partial charge is 0.356 e. The van der Waals surface area contributed by atoms with Gasteiger partial charge >= 0.3 is 0 Å². The minimum atomic E-state index is 0.174. The zero-order valence-corrected chi connectivity index (χ0v) is 9.33. The van der Waals surface area contributed by atoms with Crippen molar-refractivity contribution >= 4 is 5.91 Å². The maximum absolute atomic E-state index is 11.3. The van der Waals surface area contributed by atoms with Gasteiger partial charge in [-0.3, -0.25) is 4.79 Å². The van der Waals surface area contributed by atoms with E-state index >= 15 is 0 Å². The lowest BCUT2D eigenvalue weighted by atomic mass is 10.1. The van der Waals surface area contributed by atoms with E-state index in [1.165, 1.54) is 5.56 Å². The summed E-state index contributed by atoms with van der Waals surface area (Å²) in [5.74, 6) is 0.174. The van der Waals surface area contributed by atoms with E-state index in [1.807, 2.05) is 18.2 Å². The third-order valence-electron chi connectivity index (χ3n) is 2.28. The van der Waals surface area contributed by atoms with Gasteiger partial charge in [0.05, 0.1) is 0 Å². The van der Waals surface area contributed by atoms with E-state index < -0.39 is 0 Å². The lowest BCUT2D eigenvalue weighted by Gasteiger charge is -2.03. The fourth-order valence-corrected chi connectivity index (χ4v) is 1.45. The highest BCUT2D eigenvalue weighted by atomic mass is 16.1. The first-order valence-electron chi connectivity index (χ1n) is 5.63. The molecule has 1 aromatic rings. The molecule has 0 unspecified atom stereocenters. The molecule has 1 rings (SSSR count). The van der Waals surface area contributed by atoms with Gasteiger partial charge in [0, 0.05) is 13.0 Å². The van der Waals surface area contributed by atoms with Gasteiger partial charge in [0.15, 0.2) is 0 Å². The summed E-state index contributed by atoms with van der Waals surface area (Å²) in [6.45, 7) is 2.86. The number of rotatable bonds is 6. The highest BCUT2D eigenvalue weighted by Gasteiger charge is 1.99. The zero-order valence-electron chi connectivity index (χ0n) is 9.33. The Morgan fingerprint density at radius 2 is 2.00 bits per heavy atom. The maximum Gasteiger partial charge on any atom is 0.220 e. The van der Waals surface area contributed by atoms with Crippen molar-refractivity contribution in [3.8, 4) is 0 Å². The van der Waals surface area contributed by atoms with Gasteiger partial charge in [0.1, 0.15) is 0 Å². The smallest absolute Gasteiger partial charge is 0.220 e. The van der Waals surface area contributed by atoms with E-state index in [1.54, 1.807) is 0 Å². The Hall–Kier alpha value is -1.31. The summed E-state index contributed by atoms with van der Waals surface area (Å²) in [4.78, 5) is 11.3. The second-order valence-electron chi connectivity index (χ2n) is 3.69. The van der Waals surface area contributed by atoms with Crippen LogP contribution in [0.4, 0.5) is 0 Å². The lowest BCUT2D eigenvalue weighted by molar-refractivity contribution is -0.121. The Kier molecular flexibility index (Phi) is 5.52. The number of aryl methyl sites for hydroxylation is 1. The molecule has 0 heterocycles. The highest BCUT2D eigenvalue weighted by molar-refractivity contribution is 5.75. The van der Waals surface area contributed by atoms with Crippen molar-refractivity contribution in [1.82, 2.24) is 5.32 Å². The number of carbonyl (C=O) groups excluding carboxylic acids is 1. The molecule has 1 aromatic carbocycles. The first-order chi connectivity index (χ1) is 7.33. The van der Waals surface area contributed by atoms with Crippen molar-refractivity contribution in [2.75, 3.05) is 6.54 Å². The third kappa shape index (κ3) is 5.21. The second kappa shape index (κ2) is 7.04. The summed E-state index contributed by atoms with van der Waals surface area (Å²) in [6.07, 6.45) is 3.55. The molecular formula is C13H19NO. The summed E-state index contributed by atoms with van der Waals surface area (Å²) >= 11 is 0. The fourth-order valence-electron chi connectivity index (χ4n) is 1.45. The van der Waals surface area contributed by atoms with Crippen LogP contribution in [0.25, 0.3) is 0 Å². The number of benzene rings is 1. The van der Waals surface area contributed by atoms with E-state index in [9.17, 15) is 4.79 Å². The van der Waals surface area contributed by atoms with Crippen LogP contribution in [-0.4, -0.2) is 12.5 Å². The SMILES string of the molecule is CCCNC(=O)CCCc1ccccc1. The summed E-state index contributed by atoms with van der Waals surface area (Å²) < 4.78 is 0. The normalized spacial score (nSPS) is 9.93. The van der Waals surface area contributed by atoms with E-state index in [0.717, 1.165) is 25.8 Å². The molecule has 0 atom stereocenters. The van der Waals surface area contributed by atoms with Gasteiger partial charge in [-0.25, -0.2) is 0 Å². The number of amides is 1. The van der Waals surface area contributed by atoms with Gasteiger partial charge in [-0.1, -0.05) is 37.3 Å². The van der Waals surface area contributed by atoms with E-state index in [2.05, 4.69) is 24.4 Å². The predicted molar refractivity (Wildman–Crippen MR) is 62.7 cm³/mol. The van der Waals surface area contributed by atoms with Crippen LogP contribution < -0.4 is 5.32 Å². The highest BCUT2D eigenvalue weighted by Crippen LogP contribution is 2.04. The van der Waals surface area contributed by atoms with Crippen molar-refractivity contribution in [3.05, 3.63) is 35.9 Å².